The van der Waals surface area contributed by atoms with Gasteiger partial charge in [-0.2, -0.15) is 0 Å². The molecule has 0 atom stereocenters. The van der Waals surface area contributed by atoms with E-state index in [1.54, 1.807) is 14.2 Å². The molecule has 1 saturated carbocycles. The minimum atomic E-state index is 0.0581. The van der Waals surface area contributed by atoms with Crippen molar-refractivity contribution in [2.24, 2.45) is 5.41 Å². The number of ether oxygens (including phenoxy) is 2. The molecule has 112 valence electrons. The lowest BCUT2D eigenvalue weighted by atomic mass is 9.67. The fraction of sp³-hybridized carbons (Fsp3) is 0.625. The molecule has 0 aliphatic heterocycles. The van der Waals surface area contributed by atoms with E-state index < -0.39 is 0 Å². The molecule has 0 saturated heterocycles. The van der Waals surface area contributed by atoms with Crippen LogP contribution in [0.3, 0.4) is 0 Å². The van der Waals surface area contributed by atoms with Crippen LogP contribution in [0.2, 0.25) is 0 Å². The van der Waals surface area contributed by atoms with E-state index in [0.717, 1.165) is 18.7 Å². The summed E-state index contributed by atoms with van der Waals surface area (Å²) in [5.41, 5.74) is 1.56. The second kappa shape index (κ2) is 6.35. The molecule has 1 aromatic carbocycles. The first-order valence-electron chi connectivity index (χ1n) is 7.29. The van der Waals surface area contributed by atoms with E-state index in [1.165, 1.54) is 25.7 Å². The van der Waals surface area contributed by atoms with Crippen LogP contribution in [0.5, 0.6) is 17.2 Å². The molecule has 4 heteroatoms. The maximum absolute atomic E-state index is 9.88. The fourth-order valence-electron chi connectivity index (χ4n) is 2.85. The summed E-state index contributed by atoms with van der Waals surface area (Å²) < 4.78 is 10.3. The van der Waals surface area contributed by atoms with Gasteiger partial charge in [-0.25, -0.2) is 0 Å². The molecule has 0 radical (unpaired) electrons. The maximum atomic E-state index is 9.88. The topological polar surface area (TPSA) is 50.7 Å². The van der Waals surface area contributed by atoms with Gasteiger partial charge < -0.3 is 19.9 Å². The Balaban J connectivity index is 1.98. The van der Waals surface area contributed by atoms with Crippen molar-refractivity contribution < 1.29 is 14.6 Å². The maximum Gasteiger partial charge on any atom is 0.200 e. The predicted octanol–water partition coefficient (Wildman–Crippen LogP) is 3.08. The lowest BCUT2D eigenvalue weighted by molar-refractivity contribution is 0.124. The summed E-state index contributed by atoms with van der Waals surface area (Å²) in [5.74, 6) is 0.966. The van der Waals surface area contributed by atoms with Crippen molar-refractivity contribution in [2.45, 2.75) is 39.2 Å². The minimum Gasteiger partial charge on any atom is -0.502 e. The number of benzene rings is 1. The molecule has 0 heterocycles. The minimum absolute atomic E-state index is 0.0581. The summed E-state index contributed by atoms with van der Waals surface area (Å²) >= 11 is 0. The monoisotopic (exact) mass is 279 g/mol. The first-order valence-corrected chi connectivity index (χ1v) is 7.29. The van der Waals surface area contributed by atoms with Crippen LogP contribution in [0.15, 0.2) is 12.1 Å². The molecule has 1 aliphatic rings. The van der Waals surface area contributed by atoms with Crippen molar-refractivity contribution in [1.82, 2.24) is 5.32 Å². The van der Waals surface area contributed by atoms with E-state index in [2.05, 4.69) is 12.2 Å². The Kier molecular flexibility index (Phi) is 4.76. The Labute approximate surface area is 121 Å². The highest BCUT2D eigenvalue weighted by Crippen LogP contribution is 2.43. The van der Waals surface area contributed by atoms with Gasteiger partial charge >= 0.3 is 0 Å². The number of phenols is 1. The second-order valence-corrected chi connectivity index (χ2v) is 5.66. The van der Waals surface area contributed by atoms with Gasteiger partial charge in [-0.1, -0.05) is 13.3 Å². The fourth-order valence-corrected chi connectivity index (χ4v) is 2.85. The third-order valence-electron chi connectivity index (χ3n) is 4.53. The van der Waals surface area contributed by atoms with E-state index in [9.17, 15) is 5.11 Å². The van der Waals surface area contributed by atoms with Gasteiger partial charge in [0.1, 0.15) is 0 Å². The Morgan fingerprint density at radius 3 is 2.20 bits per heavy atom. The number of phenolic OH excluding ortho intramolecular Hbond substituents is 1. The molecule has 0 aromatic heterocycles. The zero-order valence-electron chi connectivity index (χ0n) is 12.7. The van der Waals surface area contributed by atoms with Crippen molar-refractivity contribution >= 4 is 0 Å². The highest BCUT2D eigenvalue weighted by atomic mass is 16.5. The number of rotatable bonds is 7. The number of nitrogens with one attached hydrogen (secondary N) is 1. The SMILES string of the molecule is CCC1(CNCc2cc(OC)c(O)c(OC)c2)CCC1. The molecule has 0 unspecified atom stereocenters. The van der Waals surface area contributed by atoms with Gasteiger partial charge in [0.05, 0.1) is 14.2 Å². The lowest BCUT2D eigenvalue weighted by Gasteiger charge is -2.41. The molecular weight excluding hydrogens is 254 g/mol. The Bertz CT molecular complexity index is 425. The van der Waals surface area contributed by atoms with Crippen LogP contribution in [-0.4, -0.2) is 25.9 Å². The van der Waals surface area contributed by atoms with Crippen LogP contribution in [0.1, 0.15) is 38.2 Å². The summed E-state index contributed by atoms with van der Waals surface area (Å²) in [6.07, 6.45) is 5.26. The first-order chi connectivity index (χ1) is 9.64. The molecular formula is C16H25NO3. The largest absolute Gasteiger partial charge is 0.502 e. The number of aromatic hydroxyl groups is 1. The Hall–Kier alpha value is -1.42. The molecule has 1 aromatic rings. The van der Waals surface area contributed by atoms with E-state index in [4.69, 9.17) is 9.47 Å². The number of methoxy groups -OCH3 is 2. The highest BCUT2D eigenvalue weighted by molar-refractivity contribution is 5.52. The van der Waals surface area contributed by atoms with E-state index in [-0.39, 0.29) is 5.75 Å². The quantitative estimate of drug-likeness (QED) is 0.805. The molecule has 20 heavy (non-hydrogen) atoms. The molecule has 2 rings (SSSR count). The average Bonchev–Trinajstić information content (AvgIpc) is 2.43. The summed E-state index contributed by atoms with van der Waals surface area (Å²) in [4.78, 5) is 0. The molecule has 4 nitrogen and oxygen atoms in total. The van der Waals surface area contributed by atoms with Gasteiger partial charge in [0.15, 0.2) is 11.5 Å². The van der Waals surface area contributed by atoms with Gasteiger partial charge in [-0.15, -0.1) is 0 Å². The third-order valence-corrected chi connectivity index (χ3v) is 4.53. The third kappa shape index (κ3) is 3.01. The smallest absolute Gasteiger partial charge is 0.200 e. The van der Waals surface area contributed by atoms with Crippen molar-refractivity contribution in [1.29, 1.82) is 0 Å². The first kappa shape index (κ1) is 15.0. The van der Waals surface area contributed by atoms with Crippen LogP contribution in [0, 0.1) is 5.41 Å². The molecule has 1 aliphatic carbocycles. The van der Waals surface area contributed by atoms with Crippen LogP contribution < -0.4 is 14.8 Å². The normalized spacial score (nSPS) is 16.6. The molecule has 0 spiro atoms. The summed E-state index contributed by atoms with van der Waals surface area (Å²) in [6.45, 7) is 4.08. The average molecular weight is 279 g/mol. The van der Waals surface area contributed by atoms with Gasteiger partial charge in [-0.05, 0) is 42.4 Å². The van der Waals surface area contributed by atoms with Gasteiger partial charge in [0, 0.05) is 13.1 Å². The standard InChI is InChI=1S/C16H25NO3/c1-4-16(6-5-7-16)11-17-10-12-8-13(19-2)15(18)14(9-12)20-3/h8-9,17-18H,4-7,10-11H2,1-3H3. The Morgan fingerprint density at radius 2 is 1.80 bits per heavy atom. The van der Waals surface area contributed by atoms with E-state index >= 15 is 0 Å². The van der Waals surface area contributed by atoms with Crippen molar-refractivity contribution in [2.75, 3.05) is 20.8 Å². The second-order valence-electron chi connectivity index (χ2n) is 5.66. The molecule has 0 amide bonds. The van der Waals surface area contributed by atoms with Gasteiger partial charge in [-0.3, -0.25) is 0 Å². The van der Waals surface area contributed by atoms with Crippen LogP contribution >= 0.6 is 0 Å². The Morgan fingerprint density at radius 1 is 1.20 bits per heavy atom. The number of hydrogen-bond acceptors (Lipinski definition) is 4. The van der Waals surface area contributed by atoms with Crippen LogP contribution in [-0.2, 0) is 6.54 Å². The summed E-state index contributed by atoms with van der Waals surface area (Å²) in [7, 11) is 3.10. The summed E-state index contributed by atoms with van der Waals surface area (Å²) in [5, 5.41) is 13.4. The van der Waals surface area contributed by atoms with Gasteiger partial charge in [0.25, 0.3) is 0 Å². The lowest BCUT2D eigenvalue weighted by Crippen LogP contribution is -2.39. The van der Waals surface area contributed by atoms with Crippen LogP contribution in [0.4, 0.5) is 0 Å². The molecule has 0 bridgehead atoms. The van der Waals surface area contributed by atoms with Crippen molar-refractivity contribution in [3.63, 3.8) is 0 Å². The molecule has 1 fully saturated rings. The predicted molar refractivity (Wildman–Crippen MR) is 79.5 cm³/mol. The highest BCUT2D eigenvalue weighted by Gasteiger charge is 2.34. The van der Waals surface area contributed by atoms with E-state index in [1.807, 2.05) is 12.1 Å². The molecule has 2 N–H and O–H groups in total. The zero-order chi connectivity index (χ0) is 14.6. The number of hydrogen-bond donors (Lipinski definition) is 2. The van der Waals surface area contributed by atoms with E-state index in [0.29, 0.717) is 16.9 Å². The summed E-state index contributed by atoms with van der Waals surface area (Å²) in [6, 6.07) is 3.70. The van der Waals surface area contributed by atoms with Crippen LogP contribution in [0.25, 0.3) is 0 Å². The van der Waals surface area contributed by atoms with Crippen molar-refractivity contribution in [3.8, 4) is 17.2 Å². The van der Waals surface area contributed by atoms with Gasteiger partial charge in [0.2, 0.25) is 5.75 Å². The zero-order valence-corrected chi connectivity index (χ0v) is 12.7. The van der Waals surface area contributed by atoms with Crippen molar-refractivity contribution in [3.05, 3.63) is 17.7 Å².